The van der Waals surface area contributed by atoms with Gasteiger partial charge in [-0.05, 0) is 42.9 Å². The molecule has 2 saturated carbocycles. The Hall–Kier alpha value is -0.610. The summed E-state index contributed by atoms with van der Waals surface area (Å²) in [5.74, 6) is -0.0843. The minimum Gasteiger partial charge on any atom is -0.459 e. The van der Waals surface area contributed by atoms with Gasteiger partial charge in [-0.25, -0.2) is 0 Å². The minimum absolute atomic E-state index is 0.117. The highest BCUT2D eigenvalue weighted by molar-refractivity contribution is 5.77. The van der Waals surface area contributed by atoms with Crippen molar-refractivity contribution in [3.8, 4) is 0 Å². The summed E-state index contributed by atoms with van der Waals surface area (Å²) < 4.78 is 11.3. The van der Waals surface area contributed by atoms with Gasteiger partial charge < -0.3 is 14.6 Å². The van der Waals surface area contributed by atoms with E-state index in [9.17, 15) is 9.90 Å². The maximum Gasteiger partial charge on any atom is 0.309 e. The van der Waals surface area contributed by atoms with Gasteiger partial charge in [0, 0.05) is 18.4 Å². The molecule has 0 bridgehead atoms. The van der Waals surface area contributed by atoms with Gasteiger partial charge in [-0.2, -0.15) is 0 Å². The molecule has 0 aromatic heterocycles. The monoisotopic (exact) mass is 352 g/mol. The van der Waals surface area contributed by atoms with Gasteiger partial charge in [-0.3, -0.25) is 4.79 Å². The van der Waals surface area contributed by atoms with Gasteiger partial charge in [0.15, 0.2) is 0 Å². The van der Waals surface area contributed by atoms with Crippen molar-refractivity contribution >= 4 is 5.97 Å². The second-order valence-corrected chi connectivity index (χ2v) is 10.3. The van der Waals surface area contributed by atoms with E-state index in [4.69, 9.17) is 9.47 Å². The number of rotatable bonds is 7. The number of esters is 1. The zero-order valence-electron chi connectivity index (χ0n) is 16.8. The van der Waals surface area contributed by atoms with E-state index in [-0.39, 0.29) is 40.8 Å². The third-order valence-electron chi connectivity index (χ3n) is 7.64. The van der Waals surface area contributed by atoms with E-state index in [1.807, 2.05) is 0 Å². The number of carbonyl (C=O) groups is 1. The molecule has 3 aliphatic rings. The van der Waals surface area contributed by atoms with E-state index >= 15 is 0 Å². The van der Waals surface area contributed by atoms with Crippen LogP contribution in [0.4, 0.5) is 0 Å². The molecule has 0 aromatic carbocycles. The van der Waals surface area contributed by atoms with Crippen LogP contribution in [0.2, 0.25) is 0 Å². The zero-order chi connectivity index (χ0) is 18.6. The minimum atomic E-state index is -0.444. The molecule has 144 valence electrons. The van der Waals surface area contributed by atoms with Crippen LogP contribution in [0.1, 0.15) is 73.1 Å². The quantitative estimate of drug-likeness (QED) is 0.705. The molecule has 1 heterocycles. The van der Waals surface area contributed by atoms with Crippen molar-refractivity contribution in [3.63, 3.8) is 0 Å². The highest BCUT2D eigenvalue weighted by Gasteiger charge is 2.77. The molecule has 0 amide bonds. The van der Waals surface area contributed by atoms with Crippen molar-refractivity contribution in [2.45, 2.75) is 91.5 Å². The van der Waals surface area contributed by atoms with Gasteiger partial charge in [0.25, 0.3) is 0 Å². The lowest BCUT2D eigenvalue weighted by molar-refractivity contribution is -0.238. The Balaban J connectivity index is 1.73. The summed E-state index contributed by atoms with van der Waals surface area (Å²) in [6.07, 6.45) is 5.36. The number of methoxy groups -OCH3 is 1. The number of carbonyl (C=O) groups excluding carboxylic acids is 1. The molecule has 3 rings (SSSR count). The first-order valence-corrected chi connectivity index (χ1v) is 9.99. The molecule has 7 unspecified atom stereocenters. The first-order chi connectivity index (χ1) is 11.6. The lowest BCUT2D eigenvalue weighted by Crippen LogP contribution is -2.66. The Morgan fingerprint density at radius 1 is 1.24 bits per heavy atom. The van der Waals surface area contributed by atoms with Crippen molar-refractivity contribution in [2.75, 3.05) is 7.11 Å². The normalized spacial score (nSPS) is 41.9. The first-order valence-electron chi connectivity index (χ1n) is 9.99. The molecule has 4 heteroatoms. The largest absolute Gasteiger partial charge is 0.459 e. The summed E-state index contributed by atoms with van der Waals surface area (Å²) >= 11 is 0. The lowest BCUT2D eigenvalue weighted by atomic mass is 9.52. The molecule has 3 fully saturated rings. The Labute approximate surface area is 152 Å². The van der Waals surface area contributed by atoms with Crippen LogP contribution in [-0.2, 0) is 14.3 Å². The molecule has 4 nitrogen and oxygen atoms in total. The Morgan fingerprint density at radius 3 is 2.48 bits per heavy atom. The van der Waals surface area contributed by atoms with Gasteiger partial charge in [-0.1, -0.05) is 41.0 Å². The van der Waals surface area contributed by atoms with Gasteiger partial charge in [0.05, 0.1) is 12.0 Å². The van der Waals surface area contributed by atoms with E-state index < -0.39 is 6.10 Å². The number of aliphatic hydroxyl groups excluding tert-OH is 1. The SMILES string of the molecule is CCC(C)(CCC(C)(C)C)CCC12C(O)CC3C(=O)OC(C1OC)C32. The molecule has 0 radical (unpaired) electrons. The average molecular weight is 353 g/mol. The lowest BCUT2D eigenvalue weighted by Gasteiger charge is -2.56. The second-order valence-electron chi connectivity index (χ2n) is 10.3. The van der Waals surface area contributed by atoms with Crippen LogP contribution >= 0.6 is 0 Å². The van der Waals surface area contributed by atoms with E-state index in [1.165, 1.54) is 12.8 Å². The highest BCUT2D eigenvalue weighted by Crippen LogP contribution is 2.68. The summed E-state index contributed by atoms with van der Waals surface area (Å²) in [6.45, 7) is 11.5. The van der Waals surface area contributed by atoms with Crippen LogP contribution in [0.5, 0.6) is 0 Å². The Kier molecular flexibility index (Phi) is 4.77. The fraction of sp³-hybridized carbons (Fsp3) is 0.952. The molecule has 1 saturated heterocycles. The van der Waals surface area contributed by atoms with E-state index in [0.29, 0.717) is 11.8 Å². The summed E-state index contributed by atoms with van der Waals surface area (Å²) in [5, 5.41) is 10.9. The topological polar surface area (TPSA) is 55.8 Å². The standard InChI is InChI=1S/C21H36O4/c1-7-20(5,9-8-19(2,3)4)10-11-21-14(22)12-13-15(21)16(17(21)24-6)25-18(13)23/h13-17,22H,7-12H2,1-6H3. The van der Waals surface area contributed by atoms with Gasteiger partial charge in [-0.15, -0.1) is 0 Å². The van der Waals surface area contributed by atoms with Crippen molar-refractivity contribution < 1.29 is 19.4 Å². The number of hydrogen-bond donors (Lipinski definition) is 1. The molecule has 0 spiro atoms. The average Bonchev–Trinajstić information content (AvgIpc) is 2.93. The summed E-state index contributed by atoms with van der Waals surface area (Å²) in [5.41, 5.74) is 0.329. The van der Waals surface area contributed by atoms with Crippen LogP contribution in [0.25, 0.3) is 0 Å². The van der Waals surface area contributed by atoms with Crippen molar-refractivity contribution in [1.82, 2.24) is 0 Å². The molecule has 2 aliphatic carbocycles. The van der Waals surface area contributed by atoms with Gasteiger partial charge in [0.1, 0.15) is 12.2 Å². The third kappa shape index (κ3) is 2.93. The number of ether oxygens (including phenoxy) is 2. The van der Waals surface area contributed by atoms with Gasteiger partial charge in [0.2, 0.25) is 0 Å². The highest BCUT2D eigenvalue weighted by atomic mass is 16.6. The summed E-state index contributed by atoms with van der Waals surface area (Å²) in [4.78, 5) is 12.1. The number of aliphatic hydroxyl groups is 1. The van der Waals surface area contributed by atoms with Crippen molar-refractivity contribution in [2.24, 2.45) is 28.1 Å². The zero-order valence-corrected chi connectivity index (χ0v) is 16.8. The van der Waals surface area contributed by atoms with Crippen LogP contribution in [0.15, 0.2) is 0 Å². The predicted octanol–water partition coefficient (Wildman–Crippen LogP) is 3.95. The maximum absolute atomic E-state index is 12.1. The Morgan fingerprint density at radius 2 is 1.92 bits per heavy atom. The maximum atomic E-state index is 12.1. The fourth-order valence-electron chi connectivity index (χ4n) is 5.60. The van der Waals surface area contributed by atoms with E-state index in [1.54, 1.807) is 7.11 Å². The van der Waals surface area contributed by atoms with Crippen molar-refractivity contribution in [1.29, 1.82) is 0 Å². The number of hydrogen-bond acceptors (Lipinski definition) is 4. The van der Waals surface area contributed by atoms with Crippen LogP contribution in [-0.4, -0.2) is 36.5 Å². The summed E-state index contributed by atoms with van der Waals surface area (Å²) in [6, 6.07) is 0. The van der Waals surface area contributed by atoms with E-state index in [2.05, 4.69) is 34.6 Å². The molecule has 7 atom stereocenters. The smallest absolute Gasteiger partial charge is 0.309 e. The molecule has 0 aromatic rings. The second kappa shape index (κ2) is 6.23. The molecular formula is C21H36O4. The first kappa shape index (κ1) is 19.2. The van der Waals surface area contributed by atoms with Crippen LogP contribution < -0.4 is 0 Å². The molecular weight excluding hydrogens is 316 g/mol. The molecule has 1 N–H and O–H groups in total. The van der Waals surface area contributed by atoms with Gasteiger partial charge >= 0.3 is 5.97 Å². The predicted molar refractivity (Wildman–Crippen MR) is 97.0 cm³/mol. The Bertz CT molecular complexity index is 524. The molecule has 25 heavy (non-hydrogen) atoms. The summed E-state index contributed by atoms with van der Waals surface area (Å²) in [7, 11) is 1.69. The van der Waals surface area contributed by atoms with Crippen LogP contribution in [0, 0.1) is 28.1 Å². The third-order valence-corrected chi connectivity index (χ3v) is 7.64. The van der Waals surface area contributed by atoms with Crippen molar-refractivity contribution in [3.05, 3.63) is 0 Å². The fourth-order valence-corrected chi connectivity index (χ4v) is 5.60. The van der Waals surface area contributed by atoms with E-state index in [0.717, 1.165) is 19.3 Å². The van der Waals surface area contributed by atoms with Crippen LogP contribution in [0.3, 0.4) is 0 Å². The molecule has 1 aliphatic heterocycles.